The third-order valence-corrected chi connectivity index (χ3v) is 5.08. The summed E-state index contributed by atoms with van der Waals surface area (Å²) in [6.45, 7) is 2.54. The van der Waals surface area contributed by atoms with Crippen LogP contribution in [0.25, 0.3) is 5.65 Å². The Morgan fingerprint density at radius 2 is 2.37 bits per heavy atom. The minimum atomic E-state index is -2.83. The summed E-state index contributed by atoms with van der Waals surface area (Å²) in [5.41, 5.74) is 2.75. The molecule has 6 nitrogen and oxygen atoms in total. The molecular formula is C12H16N4O2S. The molecule has 7 heteroatoms. The predicted molar refractivity (Wildman–Crippen MR) is 71.6 cm³/mol. The van der Waals surface area contributed by atoms with Gasteiger partial charge in [-0.15, -0.1) is 0 Å². The van der Waals surface area contributed by atoms with E-state index in [9.17, 15) is 8.42 Å². The normalized spacial score (nSPS) is 22.1. The fourth-order valence-corrected chi connectivity index (χ4v) is 4.05. The number of sulfone groups is 1. The van der Waals surface area contributed by atoms with Gasteiger partial charge in [-0.2, -0.15) is 5.10 Å². The van der Waals surface area contributed by atoms with Gasteiger partial charge < -0.3 is 5.32 Å². The van der Waals surface area contributed by atoms with Gasteiger partial charge in [0.15, 0.2) is 15.5 Å². The van der Waals surface area contributed by atoms with Crippen LogP contribution in [0.4, 0.5) is 0 Å². The van der Waals surface area contributed by atoms with Crippen LogP contribution in [0.15, 0.2) is 18.5 Å². The molecule has 19 heavy (non-hydrogen) atoms. The Hall–Kier alpha value is -1.47. The van der Waals surface area contributed by atoms with Crippen molar-refractivity contribution in [3.05, 3.63) is 29.7 Å². The molecule has 0 saturated carbocycles. The summed E-state index contributed by atoms with van der Waals surface area (Å²) in [4.78, 5) is 4.32. The van der Waals surface area contributed by atoms with E-state index in [1.807, 2.05) is 19.2 Å². The van der Waals surface area contributed by atoms with Crippen LogP contribution in [-0.2, 0) is 16.4 Å². The van der Waals surface area contributed by atoms with E-state index in [1.165, 1.54) is 0 Å². The summed E-state index contributed by atoms with van der Waals surface area (Å²) in [6.07, 6.45) is 4.41. The molecule has 1 aliphatic rings. The molecule has 1 atom stereocenters. The molecule has 0 spiro atoms. The molecule has 1 fully saturated rings. The highest BCUT2D eigenvalue weighted by Crippen LogP contribution is 2.12. The quantitative estimate of drug-likeness (QED) is 0.876. The first-order chi connectivity index (χ1) is 9.02. The summed E-state index contributed by atoms with van der Waals surface area (Å²) < 4.78 is 24.5. The average molecular weight is 280 g/mol. The summed E-state index contributed by atoms with van der Waals surface area (Å²) >= 11 is 0. The number of nitrogens with one attached hydrogen (secondary N) is 1. The highest BCUT2D eigenvalue weighted by molar-refractivity contribution is 7.91. The second kappa shape index (κ2) is 4.57. The standard InChI is InChI=1S/C12H16N4O2S/c1-9-4-12-14-6-10(7-16(12)15-9)5-13-11-2-3-19(17,18)8-11/h4,6-7,11,13H,2-3,5,8H2,1H3. The van der Waals surface area contributed by atoms with E-state index in [4.69, 9.17) is 0 Å². The number of rotatable bonds is 3. The SMILES string of the molecule is Cc1cc2ncc(CNC3CCS(=O)(=O)C3)cn2n1. The first-order valence-electron chi connectivity index (χ1n) is 6.26. The van der Waals surface area contributed by atoms with Crippen molar-refractivity contribution in [1.29, 1.82) is 0 Å². The zero-order valence-corrected chi connectivity index (χ0v) is 11.5. The summed E-state index contributed by atoms with van der Waals surface area (Å²) in [5.74, 6) is 0.532. The number of fused-ring (bicyclic) bond motifs is 1. The maximum absolute atomic E-state index is 11.4. The van der Waals surface area contributed by atoms with E-state index in [0.717, 1.165) is 16.9 Å². The molecule has 1 saturated heterocycles. The van der Waals surface area contributed by atoms with Crippen molar-refractivity contribution in [2.75, 3.05) is 11.5 Å². The fourth-order valence-electron chi connectivity index (χ4n) is 2.34. The lowest BCUT2D eigenvalue weighted by molar-refractivity contribution is 0.552. The van der Waals surface area contributed by atoms with Crippen molar-refractivity contribution < 1.29 is 8.42 Å². The lowest BCUT2D eigenvalue weighted by Crippen LogP contribution is -2.29. The van der Waals surface area contributed by atoms with E-state index in [-0.39, 0.29) is 11.8 Å². The van der Waals surface area contributed by atoms with Crippen LogP contribution in [0.1, 0.15) is 17.7 Å². The van der Waals surface area contributed by atoms with E-state index in [2.05, 4.69) is 15.4 Å². The van der Waals surface area contributed by atoms with Gasteiger partial charge >= 0.3 is 0 Å². The lowest BCUT2D eigenvalue weighted by atomic mass is 10.2. The molecule has 0 radical (unpaired) electrons. The molecule has 3 heterocycles. The summed E-state index contributed by atoms with van der Waals surface area (Å²) in [6, 6.07) is 1.97. The summed E-state index contributed by atoms with van der Waals surface area (Å²) in [5, 5.41) is 7.57. The van der Waals surface area contributed by atoms with E-state index in [1.54, 1.807) is 10.7 Å². The monoisotopic (exact) mass is 280 g/mol. The van der Waals surface area contributed by atoms with Gasteiger partial charge in [0.1, 0.15) is 0 Å². The van der Waals surface area contributed by atoms with Crippen LogP contribution < -0.4 is 5.32 Å². The van der Waals surface area contributed by atoms with E-state index >= 15 is 0 Å². The van der Waals surface area contributed by atoms with Gasteiger partial charge in [-0.05, 0) is 13.3 Å². The highest BCUT2D eigenvalue weighted by atomic mass is 32.2. The van der Waals surface area contributed by atoms with Crippen molar-refractivity contribution >= 4 is 15.5 Å². The Kier molecular flexibility index (Phi) is 3.02. The third-order valence-electron chi connectivity index (χ3n) is 3.32. The van der Waals surface area contributed by atoms with Crippen molar-refractivity contribution in [3.63, 3.8) is 0 Å². The Bertz CT molecular complexity index is 708. The van der Waals surface area contributed by atoms with Gasteiger partial charge in [-0.1, -0.05) is 0 Å². The Balaban J connectivity index is 1.68. The molecule has 0 aromatic carbocycles. The van der Waals surface area contributed by atoms with Crippen LogP contribution in [0, 0.1) is 6.92 Å². The van der Waals surface area contributed by atoms with Gasteiger partial charge in [0.2, 0.25) is 0 Å². The zero-order valence-electron chi connectivity index (χ0n) is 10.7. The van der Waals surface area contributed by atoms with Crippen molar-refractivity contribution in [2.24, 2.45) is 0 Å². The van der Waals surface area contributed by atoms with Crippen molar-refractivity contribution in [3.8, 4) is 0 Å². The molecule has 0 amide bonds. The maximum atomic E-state index is 11.4. The van der Waals surface area contributed by atoms with Gasteiger partial charge in [-0.25, -0.2) is 17.9 Å². The van der Waals surface area contributed by atoms with Gasteiger partial charge in [0.25, 0.3) is 0 Å². The Morgan fingerprint density at radius 1 is 1.53 bits per heavy atom. The van der Waals surface area contributed by atoms with Crippen LogP contribution in [0.3, 0.4) is 0 Å². The third kappa shape index (κ3) is 2.76. The first-order valence-corrected chi connectivity index (χ1v) is 8.09. The number of aromatic nitrogens is 3. The van der Waals surface area contributed by atoms with Gasteiger partial charge in [0, 0.05) is 36.6 Å². The van der Waals surface area contributed by atoms with E-state index < -0.39 is 9.84 Å². The second-order valence-corrected chi connectivity index (χ2v) is 7.26. The molecule has 1 aliphatic heterocycles. The topological polar surface area (TPSA) is 76.4 Å². The van der Waals surface area contributed by atoms with Crippen molar-refractivity contribution in [2.45, 2.75) is 25.9 Å². The summed E-state index contributed by atoms with van der Waals surface area (Å²) in [7, 11) is -2.83. The first kappa shape index (κ1) is 12.6. The maximum Gasteiger partial charge on any atom is 0.155 e. The van der Waals surface area contributed by atoms with Gasteiger partial charge in [0.05, 0.1) is 17.2 Å². The van der Waals surface area contributed by atoms with Crippen LogP contribution >= 0.6 is 0 Å². The molecule has 1 unspecified atom stereocenters. The molecule has 2 aromatic heterocycles. The van der Waals surface area contributed by atoms with Crippen LogP contribution in [0.2, 0.25) is 0 Å². The Morgan fingerprint density at radius 3 is 3.11 bits per heavy atom. The Labute approximate surface area is 111 Å². The number of hydrogen-bond acceptors (Lipinski definition) is 5. The number of nitrogens with zero attached hydrogens (tertiary/aromatic N) is 3. The molecular weight excluding hydrogens is 264 g/mol. The molecule has 2 aromatic rings. The molecule has 3 rings (SSSR count). The highest BCUT2D eigenvalue weighted by Gasteiger charge is 2.27. The lowest BCUT2D eigenvalue weighted by Gasteiger charge is -2.10. The predicted octanol–water partition coefficient (Wildman–Crippen LogP) is 0.314. The number of hydrogen-bond donors (Lipinski definition) is 1. The molecule has 0 aliphatic carbocycles. The fraction of sp³-hybridized carbons (Fsp3) is 0.500. The van der Waals surface area contributed by atoms with E-state index in [0.29, 0.717) is 18.7 Å². The van der Waals surface area contributed by atoms with Crippen molar-refractivity contribution in [1.82, 2.24) is 19.9 Å². The number of aryl methyl sites for hydroxylation is 1. The molecule has 0 bridgehead atoms. The zero-order chi connectivity index (χ0) is 13.5. The van der Waals surface area contributed by atoms with Crippen LogP contribution in [-0.4, -0.2) is 40.6 Å². The average Bonchev–Trinajstić information content (AvgIpc) is 2.87. The van der Waals surface area contributed by atoms with Crippen LogP contribution in [0.5, 0.6) is 0 Å². The van der Waals surface area contributed by atoms with Gasteiger partial charge in [-0.3, -0.25) is 0 Å². The molecule has 1 N–H and O–H groups in total. The molecule has 102 valence electrons. The second-order valence-electron chi connectivity index (χ2n) is 5.03. The largest absolute Gasteiger partial charge is 0.309 e. The smallest absolute Gasteiger partial charge is 0.155 e. The minimum Gasteiger partial charge on any atom is -0.309 e. The minimum absolute atomic E-state index is 0.0556.